The molecule has 0 unspecified atom stereocenters. The van der Waals surface area contributed by atoms with Crippen LogP contribution in [0.3, 0.4) is 0 Å². The fourth-order valence-electron chi connectivity index (χ4n) is 2.02. The molecule has 0 heterocycles. The van der Waals surface area contributed by atoms with E-state index < -0.39 is 0 Å². The number of allylic oxidation sites excluding steroid dienone is 4. The Morgan fingerprint density at radius 1 is 1.29 bits per heavy atom. The molecule has 0 radical (unpaired) electrons. The highest BCUT2D eigenvalue weighted by molar-refractivity contribution is 7.84. The topological polar surface area (TPSA) is 46.5 Å². The Morgan fingerprint density at radius 2 is 1.95 bits per heavy atom. The summed E-state index contributed by atoms with van der Waals surface area (Å²) >= 11 is 16.2. The van der Waals surface area contributed by atoms with E-state index in [4.69, 9.17) is 27.9 Å². The number of halogens is 2. The van der Waals surface area contributed by atoms with Gasteiger partial charge in [0.25, 0.3) is 0 Å². The molecule has 3 nitrogen and oxygen atoms in total. The lowest BCUT2D eigenvalue weighted by atomic mass is 10.00. The second-order valence-electron chi connectivity index (χ2n) is 4.59. The van der Waals surface area contributed by atoms with E-state index in [1.54, 1.807) is 12.2 Å². The van der Waals surface area contributed by atoms with Crippen LogP contribution in [0.15, 0.2) is 34.8 Å². The highest BCUT2D eigenvalue weighted by atomic mass is 35.5. The highest BCUT2D eigenvalue weighted by Crippen LogP contribution is 2.36. The number of hydrogen-bond acceptors (Lipinski definition) is 4. The van der Waals surface area contributed by atoms with Gasteiger partial charge in [-0.05, 0) is 30.2 Å². The highest BCUT2D eigenvalue weighted by Gasteiger charge is 2.14. The summed E-state index contributed by atoms with van der Waals surface area (Å²) in [5, 5.41) is 9.85. The van der Waals surface area contributed by atoms with Crippen molar-refractivity contribution in [1.82, 2.24) is 0 Å². The van der Waals surface area contributed by atoms with Crippen molar-refractivity contribution < 1.29 is 14.6 Å². The van der Waals surface area contributed by atoms with E-state index in [9.17, 15) is 9.90 Å². The van der Waals surface area contributed by atoms with Crippen molar-refractivity contribution in [3.05, 3.63) is 44.8 Å². The Labute approximate surface area is 138 Å². The summed E-state index contributed by atoms with van der Waals surface area (Å²) in [7, 11) is 0. The SMILES string of the molecule is O=C1C=CCC(S)=C1CCCOc1c(Cl)cc(O)cc1Cl. The third-order valence-electron chi connectivity index (χ3n) is 3.03. The van der Waals surface area contributed by atoms with Gasteiger partial charge in [-0.25, -0.2) is 0 Å². The number of thiol groups is 1. The average Bonchev–Trinajstić information content (AvgIpc) is 2.39. The Hall–Kier alpha value is -1.10. The van der Waals surface area contributed by atoms with Gasteiger partial charge in [-0.3, -0.25) is 4.79 Å². The smallest absolute Gasteiger partial charge is 0.182 e. The van der Waals surface area contributed by atoms with E-state index >= 15 is 0 Å². The van der Waals surface area contributed by atoms with Crippen LogP contribution in [0, 0.1) is 0 Å². The third-order valence-corrected chi connectivity index (χ3v) is 4.04. The molecule has 0 saturated carbocycles. The number of benzene rings is 1. The normalized spacial score (nSPS) is 14.7. The van der Waals surface area contributed by atoms with Gasteiger partial charge in [-0.1, -0.05) is 29.3 Å². The van der Waals surface area contributed by atoms with Crippen molar-refractivity contribution in [3.63, 3.8) is 0 Å². The summed E-state index contributed by atoms with van der Waals surface area (Å²) in [6.07, 6.45) is 5.31. The molecular weight excluding hydrogens is 331 g/mol. The number of hydrogen-bond donors (Lipinski definition) is 2. The Kier molecular flexibility index (Phi) is 5.62. The molecule has 1 aromatic rings. The van der Waals surface area contributed by atoms with Crippen LogP contribution in [0.4, 0.5) is 0 Å². The molecule has 0 fully saturated rings. The first-order valence-corrected chi connectivity index (χ1v) is 7.62. The minimum Gasteiger partial charge on any atom is -0.508 e. The minimum atomic E-state index is -0.0122. The molecule has 0 aromatic heterocycles. The largest absolute Gasteiger partial charge is 0.508 e. The van der Waals surface area contributed by atoms with E-state index in [-0.39, 0.29) is 21.6 Å². The summed E-state index contributed by atoms with van der Waals surface area (Å²) in [5.41, 5.74) is 0.729. The predicted molar refractivity (Wildman–Crippen MR) is 87.6 cm³/mol. The monoisotopic (exact) mass is 344 g/mol. The quantitative estimate of drug-likeness (QED) is 0.607. The van der Waals surface area contributed by atoms with Gasteiger partial charge in [0.05, 0.1) is 16.7 Å². The van der Waals surface area contributed by atoms with Gasteiger partial charge < -0.3 is 9.84 Å². The van der Waals surface area contributed by atoms with Crippen molar-refractivity contribution in [1.29, 1.82) is 0 Å². The van der Waals surface area contributed by atoms with Gasteiger partial charge in [0.15, 0.2) is 11.5 Å². The Balaban J connectivity index is 1.90. The molecule has 0 atom stereocenters. The van der Waals surface area contributed by atoms with Gasteiger partial charge >= 0.3 is 0 Å². The first-order chi connectivity index (χ1) is 9.99. The number of ketones is 1. The van der Waals surface area contributed by atoms with Crippen LogP contribution in [0.25, 0.3) is 0 Å². The number of phenols is 1. The van der Waals surface area contributed by atoms with Gasteiger partial charge in [0.2, 0.25) is 0 Å². The second-order valence-corrected chi connectivity index (χ2v) is 5.94. The van der Waals surface area contributed by atoms with Gasteiger partial charge in [-0.15, -0.1) is 12.6 Å². The van der Waals surface area contributed by atoms with Gasteiger partial charge in [-0.2, -0.15) is 0 Å². The first kappa shape index (κ1) is 16.3. The van der Waals surface area contributed by atoms with Crippen molar-refractivity contribution >= 4 is 41.6 Å². The molecule has 6 heteroatoms. The van der Waals surface area contributed by atoms with Crippen LogP contribution in [-0.2, 0) is 4.79 Å². The lowest BCUT2D eigenvalue weighted by Gasteiger charge is -2.13. The van der Waals surface area contributed by atoms with Crippen molar-refractivity contribution in [2.75, 3.05) is 6.61 Å². The third kappa shape index (κ3) is 4.19. The molecular formula is C15H14Cl2O3S. The van der Waals surface area contributed by atoms with Crippen LogP contribution in [0.5, 0.6) is 11.5 Å². The molecule has 1 aliphatic rings. The van der Waals surface area contributed by atoms with E-state index in [2.05, 4.69) is 12.6 Å². The van der Waals surface area contributed by atoms with E-state index in [1.165, 1.54) is 12.1 Å². The van der Waals surface area contributed by atoms with Gasteiger partial charge in [0, 0.05) is 17.7 Å². The molecule has 1 N–H and O–H groups in total. The van der Waals surface area contributed by atoms with Crippen LogP contribution >= 0.6 is 35.8 Å². The summed E-state index contributed by atoms with van der Waals surface area (Å²) in [4.78, 5) is 12.5. The second kappa shape index (κ2) is 7.25. The van der Waals surface area contributed by atoms with E-state index in [0.29, 0.717) is 31.6 Å². The zero-order valence-corrected chi connectivity index (χ0v) is 13.5. The molecule has 2 rings (SSSR count). The molecule has 0 aliphatic heterocycles. The fraction of sp³-hybridized carbons (Fsp3) is 0.267. The van der Waals surface area contributed by atoms with Crippen molar-refractivity contribution in [2.45, 2.75) is 19.3 Å². The number of aromatic hydroxyl groups is 1. The zero-order chi connectivity index (χ0) is 15.4. The van der Waals surface area contributed by atoms with Crippen LogP contribution < -0.4 is 4.74 Å². The Bertz CT molecular complexity index is 600. The molecule has 0 bridgehead atoms. The average molecular weight is 345 g/mol. The lowest BCUT2D eigenvalue weighted by molar-refractivity contribution is -0.111. The number of phenolic OH excluding ortho intramolecular Hbond substituents is 1. The molecule has 1 aliphatic carbocycles. The maximum atomic E-state index is 11.7. The summed E-state index contributed by atoms with van der Waals surface area (Å²) in [5.74, 6) is 0.333. The molecule has 0 amide bonds. The zero-order valence-electron chi connectivity index (χ0n) is 11.1. The lowest BCUT2D eigenvalue weighted by Crippen LogP contribution is -2.07. The van der Waals surface area contributed by atoms with Gasteiger partial charge in [0.1, 0.15) is 5.75 Å². The molecule has 0 spiro atoms. The molecule has 21 heavy (non-hydrogen) atoms. The number of rotatable bonds is 5. The van der Waals surface area contributed by atoms with E-state index in [1.807, 2.05) is 0 Å². The van der Waals surface area contributed by atoms with Crippen molar-refractivity contribution in [3.8, 4) is 11.5 Å². The number of carbonyl (C=O) groups excluding carboxylic acids is 1. The minimum absolute atomic E-state index is 0.00643. The number of carbonyl (C=O) groups is 1. The predicted octanol–water partition coefficient (Wildman–Crippen LogP) is 4.57. The summed E-state index contributed by atoms with van der Waals surface area (Å²) < 4.78 is 5.53. The van der Waals surface area contributed by atoms with Crippen LogP contribution in [0.2, 0.25) is 10.0 Å². The molecule has 112 valence electrons. The molecule has 0 saturated heterocycles. The van der Waals surface area contributed by atoms with E-state index in [0.717, 1.165) is 10.5 Å². The molecule has 1 aromatic carbocycles. The first-order valence-electron chi connectivity index (χ1n) is 6.41. The van der Waals surface area contributed by atoms with Crippen LogP contribution in [0.1, 0.15) is 19.3 Å². The summed E-state index contributed by atoms with van der Waals surface area (Å²) in [6, 6.07) is 2.74. The maximum Gasteiger partial charge on any atom is 0.182 e. The Morgan fingerprint density at radius 3 is 2.57 bits per heavy atom. The number of ether oxygens (including phenoxy) is 1. The summed E-state index contributed by atoms with van der Waals surface area (Å²) in [6.45, 7) is 0.367. The standard InChI is InChI=1S/C15H14Cl2O3S/c16-11-7-9(18)8-12(17)15(11)20-6-2-3-10-13(19)4-1-5-14(10)21/h1,4,7-8,18,21H,2-3,5-6H2. The fourth-order valence-corrected chi connectivity index (χ4v) is 2.93. The van der Waals surface area contributed by atoms with Crippen molar-refractivity contribution in [2.24, 2.45) is 0 Å². The maximum absolute atomic E-state index is 11.7. The van der Waals surface area contributed by atoms with Crippen LogP contribution in [-0.4, -0.2) is 17.5 Å².